The summed E-state index contributed by atoms with van der Waals surface area (Å²) >= 11 is 0. The topological polar surface area (TPSA) is 69.6 Å². The molecular weight excluding hydrogens is 551 g/mol. The largest absolute Gasteiger partial charge is 0.393 e. The Morgan fingerprint density at radius 3 is 2.66 bits per heavy atom. The molecule has 4 aliphatic carbocycles. The Bertz CT molecular complexity index is 1570. The number of likely N-dealkylation sites (N-methyl/N-ethyl adjacent to an activating group) is 1. The van der Waals surface area contributed by atoms with Crippen LogP contribution in [0.3, 0.4) is 0 Å². The van der Waals surface area contributed by atoms with Gasteiger partial charge in [0.2, 0.25) is 5.91 Å². The van der Waals surface area contributed by atoms with E-state index in [0.717, 1.165) is 68.2 Å². The van der Waals surface area contributed by atoms with Gasteiger partial charge in [-0.2, -0.15) is 0 Å². The van der Waals surface area contributed by atoms with Gasteiger partial charge in [-0.15, -0.1) is 0 Å². The molecule has 1 unspecified atom stereocenters. The van der Waals surface area contributed by atoms with Crippen molar-refractivity contribution in [1.29, 1.82) is 0 Å². The molecule has 6 aliphatic rings. The van der Waals surface area contributed by atoms with Crippen LogP contribution in [0, 0.1) is 46.2 Å². The molecule has 0 aromatic heterocycles. The predicted molar refractivity (Wildman–Crippen MR) is 168 cm³/mol. The number of likely N-dealkylation sites (tertiary alicyclic amines) is 1. The van der Waals surface area contributed by atoms with Crippen LogP contribution in [0.15, 0.2) is 60.2 Å². The van der Waals surface area contributed by atoms with Gasteiger partial charge in [-0.1, -0.05) is 55.8 Å². The smallest absolute Gasteiger partial charge is 0.250 e. The Hall–Kier alpha value is -2.83. The number of Topliss-reactive ketones (excluding diaryl/α,β-unsaturated/α-hetero) is 1. The van der Waals surface area contributed by atoms with Crippen LogP contribution < -0.4 is 5.32 Å². The maximum Gasteiger partial charge on any atom is 0.250 e. The molecule has 1 saturated heterocycles. The van der Waals surface area contributed by atoms with Gasteiger partial charge < -0.3 is 10.4 Å². The standard InChI is InChI=1S/C38H45FN2O3/c1-36-17-15-25(42)20-23(36)11-12-26-28-13-14-31(37(28,2)18-16-29(26)36)34(43)33-27(22-7-6-8-24(39)19-22)21-41(3)38(33)30-9-4-5-10-32(30)40-35(38)44/h4-11,19,25-29,31,33,42H,12-18,20-21H2,1-3H3,(H,40,44)/t25-,26-,27-,28-,29-,31?,33+,36-,37-,38+/m0/s1. The molecule has 44 heavy (non-hydrogen) atoms. The van der Waals surface area contributed by atoms with E-state index >= 15 is 4.79 Å². The summed E-state index contributed by atoms with van der Waals surface area (Å²) in [6, 6.07) is 14.5. The van der Waals surface area contributed by atoms with Crippen molar-refractivity contribution in [3.8, 4) is 0 Å². The van der Waals surface area contributed by atoms with Crippen LogP contribution in [0.1, 0.15) is 82.3 Å². The molecule has 232 valence electrons. The average Bonchev–Trinajstić information content (AvgIpc) is 3.62. The molecule has 2 aromatic rings. The predicted octanol–water partition coefficient (Wildman–Crippen LogP) is 6.83. The third-order valence-corrected chi connectivity index (χ3v) is 13.9. The third-order valence-electron chi connectivity index (χ3n) is 13.9. The van der Waals surface area contributed by atoms with Crippen LogP contribution in [0.25, 0.3) is 0 Å². The molecule has 0 bridgehead atoms. The number of ketones is 1. The van der Waals surface area contributed by atoms with Crippen molar-refractivity contribution < 1.29 is 19.1 Å². The van der Waals surface area contributed by atoms with E-state index in [0.29, 0.717) is 24.3 Å². The number of allylic oxidation sites excluding steroid dienone is 1. The van der Waals surface area contributed by atoms with E-state index in [-0.39, 0.29) is 46.3 Å². The van der Waals surface area contributed by atoms with Crippen molar-refractivity contribution in [3.63, 3.8) is 0 Å². The first-order valence-electron chi connectivity index (χ1n) is 16.9. The van der Waals surface area contributed by atoms with Gasteiger partial charge in [0.15, 0.2) is 0 Å². The second-order valence-electron chi connectivity index (χ2n) is 15.5. The monoisotopic (exact) mass is 596 g/mol. The Labute approximate surface area is 260 Å². The Morgan fingerprint density at radius 1 is 1.02 bits per heavy atom. The quantitative estimate of drug-likeness (QED) is 0.381. The van der Waals surface area contributed by atoms with Crippen molar-refractivity contribution in [3.05, 3.63) is 77.1 Å². The van der Waals surface area contributed by atoms with E-state index in [1.54, 1.807) is 12.1 Å². The number of nitrogens with one attached hydrogen (secondary N) is 1. The lowest BCUT2D eigenvalue weighted by Crippen LogP contribution is -2.55. The maximum absolute atomic E-state index is 15.4. The summed E-state index contributed by atoms with van der Waals surface area (Å²) in [6.45, 7) is 5.33. The SMILES string of the molecule is CN1C[C@@H](c2cccc(F)c2)[C@H](C(=O)C2CC[C@H]3[C@@H]4CC=C5C[C@@H](O)CC[C@]5(C)[C@H]4CC[C@]23C)[C@]12C(=O)Nc1ccccc12. The third kappa shape index (κ3) is 3.70. The summed E-state index contributed by atoms with van der Waals surface area (Å²) in [6.07, 6.45) is 10.0. The molecule has 2 aliphatic heterocycles. The molecule has 8 rings (SSSR count). The number of benzene rings is 2. The minimum Gasteiger partial charge on any atom is -0.393 e. The number of hydrogen-bond acceptors (Lipinski definition) is 4. The number of amides is 1. The summed E-state index contributed by atoms with van der Waals surface area (Å²) in [5.74, 6) is 0.321. The van der Waals surface area contributed by atoms with E-state index in [1.807, 2.05) is 37.4 Å². The van der Waals surface area contributed by atoms with E-state index in [9.17, 15) is 14.3 Å². The molecule has 2 heterocycles. The van der Waals surface area contributed by atoms with Crippen molar-refractivity contribution in [2.24, 2.45) is 40.4 Å². The highest BCUT2D eigenvalue weighted by Crippen LogP contribution is 2.67. The summed E-state index contributed by atoms with van der Waals surface area (Å²) in [7, 11) is 1.96. The maximum atomic E-state index is 15.4. The van der Waals surface area contributed by atoms with Gasteiger partial charge in [0.25, 0.3) is 0 Å². The van der Waals surface area contributed by atoms with E-state index in [2.05, 4.69) is 30.1 Å². The molecule has 1 amide bonds. The first kappa shape index (κ1) is 28.6. The number of hydrogen-bond donors (Lipinski definition) is 2. The summed E-state index contributed by atoms with van der Waals surface area (Å²) in [5.41, 5.74) is 2.81. The number of halogens is 1. The van der Waals surface area contributed by atoms with Crippen LogP contribution in [-0.2, 0) is 15.1 Å². The fourth-order valence-corrected chi connectivity index (χ4v) is 11.8. The number of anilines is 1. The van der Waals surface area contributed by atoms with E-state index in [4.69, 9.17) is 0 Å². The second-order valence-corrected chi connectivity index (χ2v) is 15.5. The van der Waals surface area contributed by atoms with Gasteiger partial charge >= 0.3 is 0 Å². The molecule has 3 saturated carbocycles. The second kappa shape index (κ2) is 9.83. The zero-order valence-electron chi connectivity index (χ0n) is 26.2. The van der Waals surface area contributed by atoms with E-state index in [1.165, 1.54) is 11.6 Å². The number of carbonyl (C=O) groups is 2. The van der Waals surface area contributed by atoms with Crippen LogP contribution in [0.4, 0.5) is 10.1 Å². The number of aliphatic hydroxyl groups excluding tert-OH is 1. The van der Waals surface area contributed by atoms with Crippen LogP contribution in [-0.4, -0.2) is 41.4 Å². The number of carbonyl (C=O) groups excluding carboxylic acids is 2. The average molecular weight is 597 g/mol. The highest BCUT2D eigenvalue weighted by Gasteiger charge is 2.67. The lowest BCUT2D eigenvalue weighted by Gasteiger charge is -2.58. The van der Waals surface area contributed by atoms with E-state index < -0.39 is 11.5 Å². The lowest BCUT2D eigenvalue weighted by molar-refractivity contribution is -0.142. The Balaban J connectivity index is 1.19. The summed E-state index contributed by atoms with van der Waals surface area (Å²) in [4.78, 5) is 31.6. The lowest BCUT2D eigenvalue weighted by atomic mass is 9.47. The van der Waals surface area contributed by atoms with Gasteiger partial charge in [0, 0.05) is 29.6 Å². The molecule has 0 radical (unpaired) electrons. The first-order chi connectivity index (χ1) is 21.1. The zero-order valence-corrected chi connectivity index (χ0v) is 26.2. The highest BCUT2D eigenvalue weighted by atomic mass is 19.1. The van der Waals surface area contributed by atoms with Crippen LogP contribution in [0.5, 0.6) is 0 Å². The molecule has 2 aromatic carbocycles. The van der Waals surface area contributed by atoms with Gasteiger partial charge in [-0.25, -0.2) is 4.39 Å². The molecule has 6 heteroatoms. The normalized spacial score (nSPS) is 42.7. The van der Waals surface area contributed by atoms with Crippen molar-refractivity contribution in [1.82, 2.24) is 4.90 Å². The van der Waals surface area contributed by atoms with Crippen LogP contribution >= 0.6 is 0 Å². The van der Waals surface area contributed by atoms with Crippen molar-refractivity contribution in [2.45, 2.75) is 82.8 Å². The summed E-state index contributed by atoms with van der Waals surface area (Å²) < 4.78 is 14.6. The summed E-state index contributed by atoms with van der Waals surface area (Å²) in [5, 5.41) is 13.5. The van der Waals surface area contributed by atoms with Gasteiger partial charge in [0.05, 0.1) is 12.0 Å². The molecule has 5 nitrogen and oxygen atoms in total. The van der Waals surface area contributed by atoms with Gasteiger partial charge in [-0.3, -0.25) is 14.5 Å². The minimum atomic E-state index is -1.12. The van der Waals surface area contributed by atoms with Crippen molar-refractivity contribution >= 4 is 17.4 Å². The number of fused-ring (bicyclic) bond motifs is 7. The Morgan fingerprint density at radius 2 is 1.84 bits per heavy atom. The van der Waals surface area contributed by atoms with Crippen molar-refractivity contribution in [2.75, 3.05) is 18.9 Å². The highest BCUT2D eigenvalue weighted by molar-refractivity contribution is 6.10. The minimum absolute atomic E-state index is 0.127. The molecule has 2 N–H and O–H groups in total. The van der Waals surface area contributed by atoms with Gasteiger partial charge in [-0.05, 0) is 111 Å². The van der Waals surface area contributed by atoms with Crippen LogP contribution in [0.2, 0.25) is 0 Å². The fourth-order valence-electron chi connectivity index (χ4n) is 11.8. The molecular formula is C38H45FN2O3. The number of aliphatic hydroxyl groups is 1. The molecule has 10 atom stereocenters. The number of nitrogens with zero attached hydrogens (tertiary/aromatic N) is 1. The fraction of sp³-hybridized carbons (Fsp3) is 0.579. The molecule has 1 spiro atoms. The Kier molecular flexibility index (Phi) is 6.40. The van der Waals surface area contributed by atoms with Gasteiger partial charge in [0.1, 0.15) is 17.1 Å². The molecule has 4 fully saturated rings. The number of rotatable bonds is 3. The number of para-hydroxylation sites is 1. The first-order valence-corrected chi connectivity index (χ1v) is 16.9. The zero-order chi connectivity index (χ0) is 30.6.